The van der Waals surface area contributed by atoms with Crippen LogP contribution in [0.2, 0.25) is 0 Å². The fraction of sp³-hybridized carbons (Fsp3) is 0.538. The van der Waals surface area contributed by atoms with Crippen LogP contribution in [0.25, 0.3) is 0 Å². The number of benzene rings is 1. The number of nitrogens with zero attached hydrogens (tertiary/aromatic N) is 1. The summed E-state index contributed by atoms with van der Waals surface area (Å²) in [7, 11) is -3.08. The number of quaternary nitrogens is 1. The number of rotatable bonds is 4. The minimum absolute atomic E-state index is 0.148. The van der Waals surface area contributed by atoms with Crippen molar-refractivity contribution in [1.82, 2.24) is 4.31 Å². The third-order valence-corrected chi connectivity index (χ3v) is 5.47. The SMILES string of the molecule is CCS(=O)(=O)N1CC[NH+](Cc2ccccc2F)CC1. The number of nitrogens with one attached hydrogen (secondary N) is 1. The van der Waals surface area contributed by atoms with Crippen molar-refractivity contribution >= 4 is 10.0 Å². The first-order valence-corrected chi connectivity index (χ1v) is 8.18. The molecule has 0 unspecified atom stereocenters. The predicted octanol–water partition coefficient (Wildman–Crippen LogP) is -0.124. The third-order valence-electron chi connectivity index (χ3n) is 3.59. The summed E-state index contributed by atoms with van der Waals surface area (Å²) in [6.45, 7) is 4.79. The van der Waals surface area contributed by atoms with Crippen LogP contribution in [0.5, 0.6) is 0 Å². The minimum Gasteiger partial charge on any atom is -0.329 e. The van der Waals surface area contributed by atoms with E-state index in [1.165, 1.54) is 15.3 Å². The fourth-order valence-corrected chi connectivity index (χ4v) is 3.46. The lowest BCUT2D eigenvalue weighted by atomic mass is 10.2. The standard InChI is InChI=1S/C13H19FN2O2S/c1-2-19(17,18)16-9-7-15(8-10-16)11-12-5-3-4-6-13(12)14/h3-6H,2,7-11H2,1H3/p+1. The van der Waals surface area contributed by atoms with E-state index in [0.29, 0.717) is 25.2 Å². The van der Waals surface area contributed by atoms with E-state index < -0.39 is 10.0 Å². The Morgan fingerprint density at radius 2 is 1.89 bits per heavy atom. The second kappa shape index (κ2) is 5.98. The molecule has 1 aliphatic heterocycles. The van der Waals surface area contributed by atoms with Gasteiger partial charge in [-0.25, -0.2) is 12.8 Å². The third kappa shape index (κ3) is 3.52. The van der Waals surface area contributed by atoms with E-state index in [9.17, 15) is 12.8 Å². The van der Waals surface area contributed by atoms with Crippen molar-refractivity contribution in [3.05, 3.63) is 35.6 Å². The molecule has 19 heavy (non-hydrogen) atoms. The molecule has 1 N–H and O–H groups in total. The highest BCUT2D eigenvalue weighted by atomic mass is 32.2. The van der Waals surface area contributed by atoms with Gasteiger partial charge in [-0.05, 0) is 13.0 Å². The Morgan fingerprint density at radius 1 is 1.26 bits per heavy atom. The van der Waals surface area contributed by atoms with Gasteiger partial charge in [0.15, 0.2) is 0 Å². The van der Waals surface area contributed by atoms with Gasteiger partial charge < -0.3 is 4.90 Å². The van der Waals surface area contributed by atoms with Gasteiger partial charge in [0.05, 0.1) is 31.9 Å². The molecule has 0 saturated carbocycles. The van der Waals surface area contributed by atoms with Crippen molar-refractivity contribution in [3.8, 4) is 0 Å². The molecule has 4 nitrogen and oxygen atoms in total. The summed E-state index contributed by atoms with van der Waals surface area (Å²) in [5.41, 5.74) is 0.698. The summed E-state index contributed by atoms with van der Waals surface area (Å²) < 4.78 is 38.5. The number of piperazine rings is 1. The number of halogens is 1. The minimum atomic E-state index is -3.08. The Labute approximate surface area is 113 Å². The Kier molecular flexibility index (Phi) is 4.54. The first kappa shape index (κ1) is 14.4. The number of hydrogen-bond donors (Lipinski definition) is 1. The zero-order valence-corrected chi connectivity index (χ0v) is 11.9. The molecular weight excluding hydrogens is 267 g/mol. The highest BCUT2D eigenvalue weighted by molar-refractivity contribution is 7.89. The molecule has 0 atom stereocenters. The van der Waals surface area contributed by atoms with Crippen LogP contribution in [0.15, 0.2) is 24.3 Å². The molecule has 0 aromatic heterocycles. The maximum Gasteiger partial charge on any atom is 0.214 e. The van der Waals surface area contributed by atoms with E-state index in [4.69, 9.17) is 0 Å². The summed E-state index contributed by atoms with van der Waals surface area (Å²) in [4.78, 5) is 1.23. The topological polar surface area (TPSA) is 41.8 Å². The molecule has 1 aliphatic rings. The summed E-state index contributed by atoms with van der Waals surface area (Å²) in [5, 5.41) is 0. The Morgan fingerprint density at radius 3 is 2.47 bits per heavy atom. The Bertz CT molecular complexity index is 525. The van der Waals surface area contributed by atoms with Crippen LogP contribution in [-0.4, -0.2) is 44.7 Å². The molecule has 0 aliphatic carbocycles. The predicted molar refractivity (Wildman–Crippen MR) is 71.8 cm³/mol. The molecule has 1 aromatic rings. The lowest BCUT2D eigenvalue weighted by Gasteiger charge is -2.31. The van der Waals surface area contributed by atoms with Crippen LogP contribution in [-0.2, 0) is 16.6 Å². The molecule has 0 spiro atoms. The normalized spacial score (nSPS) is 18.6. The fourth-order valence-electron chi connectivity index (χ4n) is 2.35. The zero-order chi connectivity index (χ0) is 13.9. The van der Waals surface area contributed by atoms with Gasteiger partial charge in [0, 0.05) is 5.56 Å². The van der Waals surface area contributed by atoms with Gasteiger partial charge in [-0.15, -0.1) is 0 Å². The Balaban J connectivity index is 1.93. The van der Waals surface area contributed by atoms with Gasteiger partial charge in [-0.2, -0.15) is 4.31 Å². The van der Waals surface area contributed by atoms with E-state index >= 15 is 0 Å². The van der Waals surface area contributed by atoms with E-state index in [0.717, 1.165) is 13.1 Å². The molecule has 106 valence electrons. The first-order valence-electron chi connectivity index (χ1n) is 6.57. The van der Waals surface area contributed by atoms with Gasteiger partial charge in [0.1, 0.15) is 12.4 Å². The van der Waals surface area contributed by atoms with Gasteiger partial charge in [-0.1, -0.05) is 18.2 Å². The van der Waals surface area contributed by atoms with Crippen molar-refractivity contribution in [3.63, 3.8) is 0 Å². The molecule has 0 bridgehead atoms. The van der Waals surface area contributed by atoms with Crippen LogP contribution in [0.1, 0.15) is 12.5 Å². The van der Waals surface area contributed by atoms with Crippen molar-refractivity contribution in [1.29, 1.82) is 0 Å². The molecule has 0 radical (unpaired) electrons. The highest BCUT2D eigenvalue weighted by Crippen LogP contribution is 2.05. The average molecular weight is 287 g/mol. The maximum atomic E-state index is 13.5. The van der Waals surface area contributed by atoms with E-state index in [2.05, 4.69) is 0 Å². The lowest BCUT2D eigenvalue weighted by molar-refractivity contribution is -0.917. The van der Waals surface area contributed by atoms with E-state index in [1.807, 2.05) is 6.07 Å². The molecule has 0 amide bonds. The van der Waals surface area contributed by atoms with Crippen LogP contribution in [0, 0.1) is 5.82 Å². The smallest absolute Gasteiger partial charge is 0.214 e. The molecular formula is C13H20FN2O2S+. The van der Waals surface area contributed by atoms with Crippen molar-refractivity contribution in [2.45, 2.75) is 13.5 Å². The zero-order valence-electron chi connectivity index (χ0n) is 11.1. The van der Waals surface area contributed by atoms with Gasteiger partial charge in [0.25, 0.3) is 0 Å². The number of hydrogen-bond acceptors (Lipinski definition) is 2. The molecule has 1 saturated heterocycles. The van der Waals surface area contributed by atoms with Crippen LogP contribution in [0.3, 0.4) is 0 Å². The number of sulfonamides is 1. The Hall–Kier alpha value is -0.980. The average Bonchev–Trinajstić information content (AvgIpc) is 2.42. The van der Waals surface area contributed by atoms with Crippen LogP contribution < -0.4 is 4.90 Å². The monoisotopic (exact) mass is 287 g/mol. The second-order valence-electron chi connectivity index (χ2n) is 4.82. The molecule has 6 heteroatoms. The van der Waals surface area contributed by atoms with Crippen LogP contribution >= 0.6 is 0 Å². The molecule has 1 fully saturated rings. The second-order valence-corrected chi connectivity index (χ2v) is 7.08. The molecule has 2 rings (SSSR count). The largest absolute Gasteiger partial charge is 0.329 e. The summed E-state index contributed by atoms with van der Waals surface area (Å²) >= 11 is 0. The van der Waals surface area contributed by atoms with Gasteiger partial charge >= 0.3 is 0 Å². The van der Waals surface area contributed by atoms with Crippen LogP contribution in [0.4, 0.5) is 4.39 Å². The summed E-state index contributed by atoms with van der Waals surface area (Å²) in [6, 6.07) is 6.76. The molecule has 1 heterocycles. The summed E-state index contributed by atoms with van der Waals surface area (Å²) in [5.74, 6) is -0.0334. The lowest BCUT2D eigenvalue weighted by Crippen LogP contribution is -3.13. The first-order chi connectivity index (χ1) is 9.03. The van der Waals surface area contributed by atoms with Gasteiger partial charge in [0.2, 0.25) is 10.0 Å². The molecule has 1 aromatic carbocycles. The summed E-state index contributed by atoms with van der Waals surface area (Å²) in [6.07, 6.45) is 0. The van der Waals surface area contributed by atoms with E-state index in [1.54, 1.807) is 19.1 Å². The van der Waals surface area contributed by atoms with Crippen molar-refractivity contribution < 1.29 is 17.7 Å². The van der Waals surface area contributed by atoms with Gasteiger partial charge in [-0.3, -0.25) is 0 Å². The highest BCUT2D eigenvalue weighted by Gasteiger charge is 2.27. The van der Waals surface area contributed by atoms with E-state index in [-0.39, 0.29) is 11.6 Å². The maximum absolute atomic E-state index is 13.5. The van der Waals surface area contributed by atoms with Crippen molar-refractivity contribution in [2.75, 3.05) is 31.9 Å². The van der Waals surface area contributed by atoms with Crippen molar-refractivity contribution in [2.24, 2.45) is 0 Å². The quantitative estimate of drug-likeness (QED) is 0.839.